The number of carbonyl (C=O) groups is 1. The maximum absolute atomic E-state index is 11.5. The van der Waals surface area contributed by atoms with E-state index in [0.717, 1.165) is 25.7 Å². The summed E-state index contributed by atoms with van der Waals surface area (Å²) in [6, 6.07) is 0. The van der Waals surface area contributed by atoms with Crippen LogP contribution in [0.3, 0.4) is 0 Å². The van der Waals surface area contributed by atoms with Gasteiger partial charge in [0.15, 0.2) is 5.78 Å². The van der Waals surface area contributed by atoms with Crippen LogP contribution in [0.4, 0.5) is 0 Å². The number of hydrogen-bond acceptors (Lipinski definition) is 2. The van der Waals surface area contributed by atoms with Crippen molar-refractivity contribution in [3.8, 4) is 0 Å². The first-order valence-corrected chi connectivity index (χ1v) is 7.64. The summed E-state index contributed by atoms with van der Waals surface area (Å²) in [5.74, 6) is 1.20. The number of ketones is 1. The van der Waals surface area contributed by atoms with Crippen LogP contribution in [-0.2, 0) is 4.79 Å². The lowest BCUT2D eigenvalue weighted by Crippen LogP contribution is -2.43. The molecule has 106 valence electrons. The fourth-order valence-electron chi connectivity index (χ4n) is 5.85. The molecule has 3 aliphatic carbocycles. The second-order valence-corrected chi connectivity index (χ2v) is 7.96. The topological polar surface area (TPSA) is 37.3 Å². The number of rotatable bonds is 1. The molecule has 3 aliphatic rings. The van der Waals surface area contributed by atoms with Crippen molar-refractivity contribution in [3.63, 3.8) is 0 Å². The van der Waals surface area contributed by atoms with Gasteiger partial charge in [0.2, 0.25) is 0 Å². The van der Waals surface area contributed by atoms with Crippen molar-refractivity contribution in [2.75, 3.05) is 0 Å². The van der Waals surface area contributed by atoms with Crippen molar-refractivity contribution in [1.82, 2.24) is 0 Å². The lowest BCUT2D eigenvalue weighted by molar-refractivity contribution is -0.112. The zero-order valence-corrected chi connectivity index (χ0v) is 12.6. The van der Waals surface area contributed by atoms with E-state index in [0.29, 0.717) is 11.8 Å². The third-order valence-electron chi connectivity index (χ3n) is 6.58. The Morgan fingerprint density at radius 1 is 1.26 bits per heavy atom. The highest BCUT2D eigenvalue weighted by molar-refractivity contribution is 5.88. The molecule has 0 aliphatic heterocycles. The van der Waals surface area contributed by atoms with Gasteiger partial charge in [-0.2, -0.15) is 0 Å². The SMILES string of the molecule is CC(=O)/C=C1\CC[C@H]2C(C)(C)C3C[C@@]12CC[C@@]3(C)O. The minimum atomic E-state index is -0.527. The molecule has 0 saturated heterocycles. The number of allylic oxidation sites excluding steroid dienone is 2. The van der Waals surface area contributed by atoms with Crippen molar-refractivity contribution >= 4 is 5.78 Å². The van der Waals surface area contributed by atoms with Gasteiger partial charge in [-0.15, -0.1) is 0 Å². The van der Waals surface area contributed by atoms with E-state index in [1.165, 1.54) is 12.0 Å². The Hall–Kier alpha value is -0.630. The molecule has 1 N–H and O–H groups in total. The predicted octanol–water partition coefficient (Wildman–Crippen LogP) is 3.49. The average Bonchev–Trinajstić information content (AvgIpc) is 2.70. The second kappa shape index (κ2) is 3.72. The van der Waals surface area contributed by atoms with Gasteiger partial charge in [-0.1, -0.05) is 19.4 Å². The first kappa shape index (κ1) is 13.4. The van der Waals surface area contributed by atoms with E-state index in [1.54, 1.807) is 6.92 Å². The summed E-state index contributed by atoms with van der Waals surface area (Å²) in [6.45, 7) is 8.34. The normalized spacial score (nSPS) is 49.4. The largest absolute Gasteiger partial charge is 0.390 e. The molecule has 0 aromatic rings. The fraction of sp³-hybridized carbons (Fsp3) is 0.824. The van der Waals surface area contributed by atoms with Crippen LogP contribution in [0, 0.1) is 22.7 Å². The number of carbonyl (C=O) groups excluding carboxylic acids is 1. The van der Waals surface area contributed by atoms with E-state index in [1.807, 2.05) is 13.0 Å². The van der Waals surface area contributed by atoms with E-state index in [-0.39, 0.29) is 16.6 Å². The molecule has 0 aromatic carbocycles. The summed E-state index contributed by atoms with van der Waals surface area (Å²) in [5.41, 5.74) is 1.27. The average molecular weight is 262 g/mol. The van der Waals surface area contributed by atoms with Gasteiger partial charge in [-0.3, -0.25) is 4.79 Å². The molecule has 3 fully saturated rings. The highest BCUT2D eigenvalue weighted by Gasteiger charge is 2.67. The van der Waals surface area contributed by atoms with Crippen LogP contribution in [0.15, 0.2) is 11.6 Å². The van der Waals surface area contributed by atoms with E-state index in [2.05, 4.69) is 13.8 Å². The van der Waals surface area contributed by atoms with Gasteiger partial charge in [0.1, 0.15) is 0 Å². The standard InChI is InChI=1S/C17H26O2/c1-11(18)9-12-5-6-13-15(2,3)14-10-17(12,13)8-7-16(14,4)19/h9,13-14,19H,5-8,10H2,1-4H3/b12-9+/t13-,14?,16+,17-/m0/s1. The van der Waals surface area contributed by atoms with Gasteiger partial charge in [-0.25, -0.2) is 0 Å². The molecule has 2 heteroatoms. The van der Waals surface area contributed by atoms with Crippen molar-refractivity contribution in [1.29, 1.82) is 0 Å². The van der Waals surface area contributed by atoms with Gasteiger partial charge in [0, 0.05) is 0 Å². The quantitative estimate of drug-likeness (QED) is 0.734. The van der Waals surface area contributed by atoms with Crippen LogP contribution >= 0.6 is 0 Å². The molecule has 0 heterocycles. The zero-order chi connectivity index (χ0) is 14.1. The van der Waals surface area contributed by atoms with Gasteiger partial charge in [0.05, 0.1) is 5.60 Å². The van der Waals surface area contributed by atoms with Crippen molar-refractivity contribution < 1.29 is 9.90 Å². The minimum absolute atomic E-state index is 0.184. The van der Waals surface area contributed by atoms with Crippen molar-refractivity contribution in [2.45, 2.75) is 65.4 Å². The first-order valence-electron chi connectivity index (χ1n) is 7.64. The summed E-state index contributed by atoms with van der Waals surface area (Å²) < 4.78 is 0. The van der Waals surface area contributed by atoms with E-state index in [4.69, 9.17) is 0 Å². The second-order valence-electron chi connectivity index (χ2n) is 7.96. The molecule has 0 amide bonds. The van der Waals surface area contributed by atoms with Gasteiger partial charge in [-0.05, 0) is 74.7 Å². The third-order valence-corrected chi connectivity index (χ3v) is 6.58. The van der Waals surface area contributed by atoms with E-state index < -0.39 is 5.60 Å². The monoisotopic (exact) mass is 262 g/mol. The molecule has 0 radical (unpaired) electrons. The Kier molecular flexibility index (Phi) is 2.62. The fourth-order valence-corrected chi connectivity index (χ4v) is 5.85. The van der Waals surface area contributed by atoms with Crippen LogP contribution in [-0.4, -0.2) is 16.5 Å². The summed E-state index contributed by atoms with van der Waals surface area (Å²) >= 11 is 0. The van der Waals surface area contributed by atoms with Crippen LogP contribution in [0.1, 0.15) is 59.8 Å². The van der Waals surface area contributed by atoms with E-state index in [9.17, 15) is 9.90 Å². The minimum Gasteiger partial charge on any atom is -0.390 e. The smallest absolute Gasteiger partial charge is 0.152 e. The van der Waals surface area contributed by atoms with Crippen LogP contribution in [0.2, 0.25) is 0 Å². The molecule has 2 bridgehead atoms. The van der Waals surface area contributed by atoms with Gasteiger partial charge >= 0.3 is 0 Å². The molecule has 1 spiro atoms. The molecule has 3 saturated carbocycles. The first-order chi connectivity index (χ1) is 8.70. The van der Waals surface area contributed by atoms with Crippen LogP contribution in [0.5, 0.6) is 0 Å². The number of aliphatic hydroxyl groups is 1. The van der Waals surface area contributed by atoms with Crippen molar-refractivity contribution in [2.24, 2.45) is 22.7 Å². The number of hydrogen-bond donors (Lipinski definition) is 1. The number of fused-ring (bicyclic) bond motifs is 1. The lowest BCUT2D eigenvalue weighted by atomic mass is 9.65. The summed E-state index contributed by atoms with van der Waals surface area (Å²) in [4.78, 5) is 11.5. The van der Waals surface area contributed by atoms with Crippen LogP contribution in [0.25, 0.3) is 0 Å². The Balaban J connectivity index is 2.07. The van der Waals surface area contributed by atoms with Crippen molar-refractivity contribution in [3.05, 3.63) is 11.6 Å². The Morgan fingerprint density at radius 3 is 2.58 bits per heavy atom. The maximum atomic E-state index is 11.5. The summed E-state index contributed by atoms with van der Waals surface area (Å²) in [7, 11) is 0. The molecule has 1 unspecified atom stereocenters. The molecule has 2 nitrogen and oxygen atoms in total. The van der Waals surface area contributed by atoms with Gasteiger partial charge < -0.3 is 5.11 Å². The Bertz CT molecular complexity index is 458. The highest BCUT2D eigenvalue weighted by atomic mass is 16.3. The molecule has 0 aromatic heterocycles. The highest BCUT2D eigenvalue weighted by Crippen LogP contribution is 2.73. The zero-order valence-electron chi connectivity index (χ0n) is 12.6. The Labute approximate surface area is 116 Å². The molecule has 4 atom stereocenters. The third kappa shape index (κ3) is 1.62. The molecular weight excluding hydrogens is 236 g/mol. The summed E-state index contributed by atoms with van der Waals surface area (Å²) in [5, 5.41) is 10.7. The van der Waals surface area contributed by atoms with Crippen LogP contribution < -0.4 is 0 Å². The van der Waals surface area contributed by atoms with E-state index >= 15 is 0 Å². The molecule has 3 rings (SSSR count). The van der Waals surface area contributed by atoms with Gasteiger partial charge in [0.25, 0.3) is 0 Å². The summed E-state index contributed by atoms with van der Waals surface area (Å²) in [6.07, 6.45) is 7.20. The Morgan fingerprint density at radius 2 is 1.95 bits per heavy atom. The maximum Gasteiger partial charge on any atom is 0.152 e. The molecule has 19 heavy (non-hydrogen) atoms. The predicted molar refractivity (Wildman–Crippen MR) is 75.7 cm³/mol. The lowest BCUT2D eigenvalue weighted by Gasteiger charge is -2.43. The molecular formula is C17H26O2.